The van der Waals surface area contributed by atoms with E-state index in [0.717, 1.165) is 16.0 Å². The lowest BCUT2D eigenvalue weighted by atomic mass is 9.98. The number of aromatic nitrogens is 1. The summed E-state index contributed by atoms with van der Waals surface area (Å²) in [5, 5.41) is 12.3. The molecule has 1 aromatic heterocycles. The summed E-state index contributed by atoms with van der Waals surface area (Å²) >= 11 is 1.37. The van der Waals surface area contributed by atoms with E-state index in [1.807, 2.05) is 12.1 Å². The zero-order chi connectivity index (χ0) is 12.7. The molecule has 0 radical (unpaired) electrons. The van der Waals surface area contributed by atoms with Crippen LogP contribution >= 0.6 is 11.3 Å². The maximum Gasteiger partial charge on any atom is 0.253 e. The summed E-state index contributed by atoms with van der Waals surface area (Å²) in [5.41, 5.74) is 8.26. The molecule has 0 saturated carbocycles. The van der Waals surface area contributed by atoms with Gasteiger partial charge < -0.3 is 11.1 Å². The highest BCUT2D eigenvalue weighted by atomic mass is 32.1. The van der Waals surface area contributed by atoms with Crippen LogP contribution in [-0.2, 0) is 6.54 Å². The Kier molecular flexibility index (Phi) is 2.28. The third-order valence-electron chi connectivity index (χ3n) is 2.88. The fourth-order valence-corrected chi connectivity index (χ4v) is 2.82. The van der Waals surface area contributed by atoms with Gasteiger partial charge in [0.2, 0.25) is 0 Å². The minimum absolute atomic E-state index is 0.194. The molecule has 0 unspecified atom stereocenters. The van der Waals surface area contributed by atoms with Crippen molar-refractivity contribution in [3.8, 4) is 16.5 Å². The molecule has 1 aromatic carbocycles. The van der Waals surface area contributed by atoms with Crippen LogP contribution in [0.3, 0.4) is 0 Å². The number of nitrogens with two attached hydrogens (primary N) is 1. The van der Waals surface area contributed by atoms with Crippen molar-refractivity contribution in [2.75, 3.05) is 5.73 Å². The number of benzene rings is 1. The first-order chi connectivity index (χ1) is 8.70. The number of nitrogen functional groups attached to an aromatic ring is 1. The molecule has 1 aliphatic heterocycles. The van der Waals surface area contributed by atoms with Crippen molar-refractivity contribution >= 4 is 22.4 Å². The molecule has 5 nitrogen and oxygen atoms in total. The lowest BCUT2D eigenvalue weighted by Crippen LogP contribution is -2.13. The van der Waals surface area contributed by atoms with Crippen LogP contribution in [0.5, 0.6) is 0 Å². The molecule has 0 bridgehead atoms. The van der Waals surface area contributed by atoms with E-state index in [9.17, 15) is 4.79 Å². The molecule has 3 N–H and O–H groups in total. The molecule has 0 saturated heterocycles. The summed E-state index contributed by atoms with van der Waals surface area (Å²) in [6, 6.07) is 5.54. The molecule has 18 heavy (non-hydrogen) atoms. The lowest BCUT2D eigenvalue weighted by molar-refractivity contribution is 0.0965. The lowest BCUT2D eigenvalue weighted by Gasteiger charge is -2.05. The molecule has 2 heterocycles. The molecule has 0 atom stereocenters. The summed E-state index contributed by atoms with van der Waals surface area (Å²) in [7, 11) is 0. The number of amides is 1. The quantitative estimate of drug-likeness (QED) is 0.808. The third-order valence-corrected chi connectivity index (χ3v) is 3.73. The Hall–Kier alpha value is -2.39. The van der Waals surface area contributed by atoms with Gasteiger partial charge in [0.05, 0.1) is 22.1 Å². The zero-order valence-electron chi connectivity index (χ0n) is 9.23. The van der Waals surface area contributed by atoms with E-state index in [2.05, 4.69) is 10.3 Å². The van der Waals surface area contributed by atoms with Gasteiger partial charge in [-0.1, -0.05) is 17.4 Å². The van der Waals surface area contributed by atoms with Crippen molar-refractivity contribution in [2.24, 2.45) is 0 Å². The first-order valence-corrected chi connectivity index (χ1v) is 6.08. The Morgan fingerprint density at radius 3 is 3.00 bits per heavy atom. The summed E-state index contributed by atoms with van der Waals surface area (Å²) in [5.74, 6) is -0.194. The van der Waals surface area contributed by atoms with E-state index >= 15 is 0 Å². The molecule has 2 aromatic rings. The third kappa shape index (κ3) is 1.45. The van der Waals surface area contributed by atoms with Gasteiger partial charge in [-0.05, 0) is 17.2 Å². The van der Waals surface area contributed by atoms with Gasteiger partial charge in [0, 0.05) is 12.7 Å². The second kappa shape index (κ2) is 3.82. The number of hydrogen-bond acceptors (Lipinski definition) is 5. The smallest absolute Gasteiger partial charge is 0.253 e. The van der Waals surface area contributed by atoms with Crippen LogP contribution in [0.15, 0.2) is 18.3 Å². The van der Waals surface area contributed by atoms with Crippen molar-refractivity contribution < 1.29 is 4.79 Å². The molecule has 1 amide bonds. The molecule has 0 fully saturated rings. The van der Waals surface area contributed by atoms with Crippen LogP contribution in [0.2, 0.25) is 0 Å². The minimum atomic E-state index is -0.194. The van der Waals surface area contributed by atoms with Crippen LogP contribution in [0.4, 0.5) is 5.13 Å². The monoisotopic (exact) mass is 256 g/mol. The van der Waals surface area contributed by atoms with Crippen LogP contribution in [0.25, 0.3) is 10.4 Å². The summed E-state index contributed by atoms with van der Waals surface area (Å²) in [4.78, 5) is 16.6. The normalized spacial score (nSPS) is 12.9. The molecule has 88 valence electrons. The fourth-order valence-electron chi connectivity index (χ4n) is 2.08. The summed E-state index contributed by atoms with van der Waals surface area (Å²) < 4.78 is 0. The number of rotatable bonds is 1. The zero-order valence-corrected chi connectivity index (χ0v) is 10.0. The molecular formula is C12H8N4OS. The summed E-state index contributed by atoms with van der Waals surface area (Å²) in [6.45, 7) is 0.441. The Labute approximate surface area is 107 Å². The van der Waals surface area contributed by atoms with E-state index in [1.54, 1.807) is 12.3 Å². The van der Waals surface area contributed by atoms with Gasteiger partial charge in [-0.3, -0.25) is 4.79 Å². The van der Waals surface area contributed by atoms with Gasteiger partial charge in [0.25, 0.3) is 5.91 Å². The SMILES string of the molecule is N#Cc1ccc(-c2cnc(N)s2)c2c1C(=O)NC2. The van der Waals surface area contributed by atoms with Gasteiger partial charge in [-0.25, -0.2) is 4.98 Å². The average molecular weight is 256 g/mol. The molecular weight excluding hydrogens is 248 g/mol. The molecule has 0 aliphatic carbocycles. The van der Waals surface area contributed by atoms with Crippen LogP contribution in [0, 0.1) is 11.3 Å². The predicted octanol–water partition coefficient (Wildman–Crippen LogP) is 1.51. The van der Waals surface area contributed by atoms with Crippen molar-refractivity contribution in [1.82, 2.24) is 10.3 Å². The number of nitriles is 1. The Bertz CT molecular complexity index is 699. The number of carbonyl (C=O) groups is 1. The molecule has 1 aliphatic rings. The van der Waals surface area contributed by atoms with E-state index in [4.69, 9.17) is 11.0 Å². The molecule has 0 spiro atoms. The van der Waals surface area contributed by atoms with E-state index in [-0.39, 0.29) is 5.91 Å². The topological polar surface area (TPSA) is 91.8 Å². The Morgan fingerprint density at radius 2 is 2.33 bits per heavy atom. The van der Waals surface area contributed by atoms with Gasteiger partial charge in [0.1, 0.15) is 0 Å². The maximum absolute atomic E-state index is 11.7. The van der Waals surface area contributed by atoms with Crippen molar-refractivity contribution in [1.29, 1.82) is 5.26 Å². The number of thiazole rings is 1. The summed E-state index contributed by atoms with van der Waals surface area (Å²) in [6.07, 6.45) is 1.68. The Balaban J connectivity index is 2.26. The second-order valence-corrected chi connectivity index (χ2v) is 4.93. The molecule has 3 rings (SSSR count). The van der Waals surface area contributed by atoms with Crippen LogP contribution < -0.4 is 11.1 Å². The van der Waals surface area contributed by atoms with Crippen molar-refractivity contribution in [3.05, 3.63) is 35.0 Å². The minimum Gasteiger partial charge on any atom is -0.375 e. The van der Waals surface area contributed by atoms with Crippen molar-refractivity contribution in [2.45, 2.75) is 6.54 Å². The number of hydrogen-bond donors (Lipinski definition) is 2. The first-order valence-electron chi connectivity index (χ1n) is 5.26. The number of nitrogens with one attached hydrogen (secondary N) is 1. The number of carbonyl (C=O) groups excluding carboxylic acids is 1. The average Bonchev–Trinajstić information content (AvgIpc) is 2.96. The van der Waals surface area contributed by atoms with Crippen LogP contribution in [0.1, 0.15) is 21.5 Å². The van der Waals surface area contributed by atoms with E-state index in [0.29, 0.717) is 22.8 Å². The molecule has 6 heteroatoms. The number of anilines is 1. The Morgan fingerprint density at radius 1 is 1.50 bits per heavy atom. The maximum atomic E-state index is 11.7. The van der Waals surface area contributed by atoms with Crippen molar-refractivity contribution in [3.63, 3.8) is 0 Å². The van der Waals surface area contributed by atoms with Gasteiger partial charge >= 0.3 is 0 Å². The van der Waals surface area contributed by atoms with Gasteiger partial charge in [0.15, 0.2) is 5.13 Å². The fraction of sp³-hybridized carbons (Fsp3) is 0.0833. The number of nitrogens with zero attached hydrogens (tertiary/aromatic N) is 2. The standard InChI is InChI=1S/C12H8N4OS/c13-3-6-1-2-7(9-5-16-12(14)18-9)8-4-15-11(17)10(6)8/h1-2,5H,4H2,(H2,14,16)(H,15,17). The van der Waals surface area contributed by atoms with E-state index in [1.165, 1.54) is 11.3 Å². The van der Waals surface area contributed by atoms with Gasteiger partial charge in [-0.15, -0.1) is 0 Å². The highest BCUT2D eigenvalue weighted by Crippen LogP contribution is 2.34. The predicted molar refractivity (Wildman–Crippen MR) is 67.8 cm³/mol. The highest BCUT2D eigenvalue weighted by Gasteiger charge is 2.26. The van der Waals surface area contributed by atoms with Crippen LogP contribution in [-0.4, -0.2) is 10.9 Å². The largest absolute Gasteiger partial charge is 0.375 e. The van der Waals surface area contributed by atoms with Gasteiger partial charge in [-0.2, -0.15) is 5.26 Å². The highest BCUT2D eigenvalue weighted by molar-refractivity contribution is 7.18. The number of fused-ring (bicyclic) bond motifs is 1. The van der Waals surface area contributed by atoms with E-state index < -0.39 is 0 Å². The second-order valence-electron chi connectivity index (χ2n) is 3.87. The first kappa shape index (κ1) is 10.7.